The zero-order chi connectivity index (χ0) is 16.6. The van der Waals surface area contributed by atoms with Crippen molar-refractivity contribution in [3.63, 3.8) is 0 Å². The Morgan fingerprint density at radius 2 is 2.21 bits per heavy atom. The van der Waals surface area contributed by atoms with Gasteiger partial charge in [-0.15, -0.1) is 0 Å². The van der Waals surface area contributed by atoms with Crippen molar-refractivity contribution in [1.29, 1.82) is 0 Å². The van der Waals surface area contributed by atoms with Gasteiger partial charge >= 0.3 is 0 Å². The Morgan fingerprint density at radius 3 is 3.12 bits per heavy atom. The van der Waals surface area contributed by atoms with Gasteiger partial charge in [-0.3, -0.25) is 9.69 Å². The van der Waals surface area contributed by atoms with E-state index in [0.29, 0.717) is 19.1 Å². The highest BCUT2D eigenvalue weighted by Crippen LogP contribution is 2.34. The molecular formula is C20H26N2O2. The molecule has 0 unspecified atom stereocenters. The molecule has 1 N–H and O–H groups in total. The van der Waals surface area contributed by atoms with Crippen molar-refractivity contribution in [3.05, 3.63) is 35.4 Å². The lowest BCUT2D eigenvalue weighted by Crippen LogP contribution is -2.63. The number of amides is 1. The molecule has 128 valence electrons. The normalized spacial score (nSPS) is 30.3. The topological polar surface area (TPSA) is 41.6 Å². The fourth-order valence-corrected chi connectivity index (χ4v) is 4.53. The van der Waals surface area contributed by atoms with Crippen LogP contribution in [-0.2, 0) is 4.79 Å². The summed E-state index contributed by atoms with van der Waals surface area (Å²) < 4.78 is 5.92. The second kappa shape index (κ2) is 6.25. The number of carbonyl (C=O) groups excluding carboxylic acids is 1. The van der Waals surface area contributed by atoms with Crippen LogP contribution in [0.25, 0.3) is 6.08 Å². The molecule has 3 heterocycles. The van der Waals surface area contributed by atoms with Gasteiger partial charge in [0.25, 0.3) is 0 Å². The van der Waals surface area contributed by atoms with Crippen molar-refractivity contribution in [3.8, 4) is 5.75 Å². The van der Waals surface area contributed by atoms with E-state index in [0.717, 1.165) is 31.7 Å². The molecule has 3 aliphatic rings. The van der Waals surface area contributed by atoms with E-state index >= 15 is 0 Å². The number of piperidine rings is 1. The lowest BCUT2D eigenvalue weighted by molar-refractivity contribution is -0.127. The average molecular weight is 326 g/mol. The van der Waals surface area contributed by atoms with Crippen LogP contribution >= 0.6 is 0 Å². The number of para-hydroxylation sites is 1. The summed E-state index contributed by atoms with van der Waals surface area (Å²) >= 11 is 0. The van der Waals surface area contributed by atoms with Crippen LogP contribution in [-0.4, -0.2) is 42.1 Å². The molecule has 4 rings (SSSR count). The van der Waals surface area contributed by atoms with E-state index in [1.807, 2.05) is 12.1 Å². The van der Waals surface area contributed by atoms with Gasteiger partial charge in [0, 0.05) is 24.6 Å². The quantitative estimate of drug-likeness (QED) is 0.908. The summed E-state index contributed by atoms with van der Waals surface area (Å²) in [4.78, 5) is 14.5. The minimum Gasteiger partial charge on any atom is -0.489 e. The Balaban J connectivity index is 1.55. The summed E-state index contributed by atoms with van der Waals surface area (Å²) in [6, 6.07) is 8.64. The second-order valence-electron chi connectivity index (χ2n) is 7.58. The van der Waals surface area contributed by atoms with Crippen molar-refractivity contribution in [2.24, 2.45) is 0 Å². The Hall–Kier alpha value is -1.81. The van der Waals surface area contributed by atoms with Gasteiger partial charge in [-0.05, 0) is 56.9 Å². The van der Waals surface area contributed by atoms with Crippen molar-refractivity contribution in [2.75, 3.05) is 19.7 Å². The predicted octanol–water partition coefficient (Wildman–Crippen LogP) is 2.99. The first-order valence-corrected chi connectivity index (χ1v) is 9.10. The van der Waals surface area contributed by atoms with Gasteiger partial charge in [0.05, 0.1) is 5.54 Å². The second-order valence-corrected chi connectivity index (χ2v) is 7.58. The zero-order valence-corrected chi connectivity index (χ0v) is 14.4. The molecule has 0 spiro atoms. The molecule has 0 aromatic heterocycles. The summed E-state index contributed by atoms with van der Waals surface area (Å²) in [6.07, 6.45) is 7.36. The van der Waals surface area contributed by atoms with E-state index in [9.17, 15) is 4.79 Å². The number of hydrogen-bond donors (Lipinski definition) is 1. The van der Waals surface area contributed by atoms with Gasteiger partial charge in [-0.25, -0.2) is 0 Å². The molecule has 1 aromatic carbocycles. The van der Waals surface area contributed by atoms with E-state index in [1.54, 1.807) is 0 Å². The lowest BCUT2D eigenvalue weighted by Gasteiger charge is -2.46. The van der Waals surface area contributed by atoms with Crippen molar-refractivity contribution < 1.29 is 9.53 Å². The first-order chi connectivity index (χ1) is 11.6. The highest BCUT2D eigenvalue weighted by Gasteiger charge is 2.43. The lowest BCUT2D eigenvalue weighted by atomic mass is 9.81. The molecule has 1 amide bonds. The number of ether oxygens (including phenoxy) is 1. The number of carbonyl (C=O) groups is 1. The Labute approximate surface area is 143 Å². The van der Waals surface area contributed by atoms with Crippen LogP contribution < -0.4 is 10.1 Å². The minimum atomic E-state index is -0.0835. The summed E-state index contributed by atoms with van der Waals surface area (Å²) in [5.74, 6) is 1.19. The zero-order valence-electron chi connectivity index (χ0n) is 14.4. The molecule has 0 bridgehead atoms. The Bertz CT molecular complexity index is 669. The van der Waals surface area contributed by atoms with Crippen molar-refractivity contribution >= 4 is 12.0 Å². The van der Waals surface area contributed by atoms with Crippen LogP contribution in [0, 0.1) is 0 Å². The number of hydrogen-bond acceptors (Lipinski definition) is 3. The van der Waals surface area contributed by atoms with Crippen molar-refractivity contribution in [2.45, 2.75) is 50.6 Å². The third kappa shape index (κ3) is 2.95. The van der Waals surface area contributed by atoms with Gasteiger partial charge in [0.1, 0.15) is 12.4 Å². The fraction of sp³-hybridized carbons (Fsp3) is 0.550. The van der Waals surface area contributed by atoms with Crippen LogP contribution in [0.5, 0.6) is 5.75 Å². The molecule has 2 fully saturated rings. The fourth-order valence-electron chi connectivity index (χ4n) is 4.53. The highest BCUT2D eigenvalue weighted by molar-refractivity contribution is 5.78. The molecule has 2 atom stereocenters. The maximum Gasteiger partial charge on any atom is 0.220 e. The number of likely N-dealkylation sites (tertiary alicyclic amines) is 1. The average Bonchev–Trinajstić information content (AvgIpc) is 2.73. The monoisotopic (exact) mass is 326 g/mol. The molecule has 4 nitrogen and oxygen atoms in total. The third-order valence-corrected chi connectivity index (χ3v) is 5.74. The van der Waals surface area contributed by atoms with E-state index in [1.165, 1.54) is 24.0 Å². The van der Waals surface area contributed by atoms with Crippen LogP contribution in [0.1, 0.15) is 44.6 Å². The molecule has 0 aliphatic carbocycles. The van der Waals surface area contributed by atoms with Crippen LogP contribution in [0.15, 0.2) is 29.8 Å². The Morgan fingerprint density at radius 1 is 1.33 bits per heavy atom. The number of fused-ring (bicyclic) bond motifs is 2. The van der Waals surface area contributed by atoms with E-state index in [2.05, 4.69) is 35.3 Å². The van der Waals surface area contributed by atoms with Crippen LogP contribution in [0.2, 0.25) is 0 Å². The molecule has 0 radical (unpaired) electrons. The molecule has 1 aromatic rings. The van der Waals surface area contributed by atoms with Gasteiger partial charge in [-0.1, -0.05) is 18.2 Å². The smallest absolute Gasteiger partial charge is 0.220 e. The molecule has 2 saturated heterocycles. The van der Waals surface area contributed by atoms with Crippen LogP contribution in [0.3, 0.4) is 0 Å². The van der Waals surface area contributed by atoms with E-state index < -0.39 is 0 Å². The third-order valence-electron chi connectivity index (χ3n) is 5.74. The summed E-state index contributed by atoms with van der Waals surface area (Å²) in [7, 11) is 0. The van der Waals surface area contributed by atoms with Gasteiger partial charge in [0.2, 0.25) is 5.91 Å². The van der Waals surface area contributed by atoms with Gasteiger partial charge in [0.15, 0.2) is 0 Å². The first kappa shape index (κ1) is 15.7. The molecule has 4 heteroatoms. The number of nitrogens with zero attached hydrogens (tertiary/aromatic N) is 1. The largest absolute Gasteiger partial charge is 0.489 e. The standard InChI is InChI=1S/C20H26N2O2/c1-20-10-4-5-11-22(18(20)8-9-19(23)21-20)13-15-12-16-6-2-3-7-17(16)24-14-15/h2-3,6-7,12,18H,4-5,8-11,13-14H2,1H3,(H,21,23)/t18-,20-/m0/s1. The van der Waals surface area contributed by atoms with E-state index in [-0.39, 0.29) is 11.4 Å². The van der Waals surface area contributed by atoms with Gasteiger partial charge < -0.3 is 10.1 Å². The molecular weight excluding hydrogens is 300 g/mol. The maximum atomic E-state index is 11.9. The predicted molar refractivity (Wildman–Crippen MR) is 94.9 cm³/mol. The SMILES string of the molecule is C[C@]12CCCCN(CC3=Cc4ccccc4OC3)[C@H]1CCC(=O)N2. The number of rotatable bonds is 2. The molecule has 24 heavy (non-hydrogen) atoms. The minimum absolute atomic E-state index is 0.0835. The number of nitrogens with one attached hydrogen (secondary N) is 1. The summed E-state index contributed by atoms with van der Waals surface area (Å²) in [6.45, 7) is 4.94. The summed E-state index contributed by atoms with van der Waals surface area (Å²) in [5, 5.41) is 3.29. The van der Waals surface area contributed by atoms with Crippen LogP contribution in [0.4, 0.5) is 0 Å². The molecule has 0 saturated carbocycles. The van der Waals surface area contributed by atoms with Crippen molar-refractivity contribution in [1.82, 2.24) is 10.2 Å². The Kier molecular flexibility index (Phi) is 4.09. The first-order valence-electron chi connectivity index (χ1n) is 9.10. The molecule has 3 aliphatic heterocycles. The van der Waals surface area contributed by atoms with Gasteiger partial charge in [-0.2, -0.15) is 0 Å². The maximum absolute atomic E-state index is 11.9. The number of benzene rings is 1. The summed E-state index contributed by atoms with van der Waals surface area (Å²) in [5.41, 5.74) is 2.42. The van der Waals surface area contributed by atoms with E-state index in [4.69, 9.17) is 4.74 Å². The highest BCUT2D eigenvalue weighted by atomic mass is 16.5.